The van der Waals surface area contributed by atoms with Crippen LogP contribution >= 0.6 is 0 Å². The van der Waals surface area contributed by atoms with Crippen molar-refractivity contribution in [2.45, 2.75) is 26.7 Å². The van der Waals surface area contributed by atoms with Gasteiger partial charge in [0.05, 0.1) is 0 Å². The zero-order chi connectivity index (χ0) is 27.1. The number of aromatic nitrogens is 1. The van der Waals surface area contributed by atoms with Gasteiger partial charge in [-0.1, -0.05) is 110 Å². The summed E-state index contributed by atoms with van der Waals surface area (Å²) in [6.07, 6.45) is 6.10. The maximum absolute atomic E-state index is 4.41. The quantitative estimate of drug-likeness (QED) is 0.209. The molecule has 1 aromatic heterocycles. The summed E-state index contributed by atoms with van der Waals surface area (Å²) in [5.41, 5.74) is 10.1. The lowest BCUT2D eigenvalue weighted by molar-refractivity contribution is 0.924. The number of rotatable bonds is 5. The number of aryl methyl sites for hydroxylation is 2. The Morgan fingerprint density at radius 2 is 1.18 bits per heavy atom. The first-order valence-electron chi connectivity index (χ1n) is 14.2. The number of hydrogen-bond donors (Lipinski definition) is 0. The fraction of sp³-hybridized carbons (Fsp3) is 0.103. The average molecular weight is 514 g/mol. The van der Waals surface area contributed by atoms with E-state index in [2.05, 4.69) is 134 Å². The molecule has 0 radical (unpaired) electrons. The van der Waals surface area contributed by atoms with E-state index in [-0.39, 0.29) is 0 Å². The molecule has 1 heteroatoms. The largest absolute Gasteiger partial charge is 0.264 e. The molecule has 40 heavy (non-hydrogen) atoms. The first kappa shape index (κ1) is 24.3. The van der Waals surface area contributed by atoms with Crippen LogP contribution in [0.2, 0.25) is 0 Å². The minimum atomic E-state index is 1.11. The van der Waals surface area contributed by atoms with Crippen LogP contribution in [0.1, 0.15) is 24.5 Å². The summed E-state index contributed by atoms with van der Waals surface area (Å²) in [5.74, 6) is 0. The van der Waals surface area contributed by atoms with Gasteiger partial charge < -0.3 is 0 Å². The summed E-state index contributed by atoms with van der Waals surface area (Å²) >= 11 is 0. The van der Waals surface area contributed by atoms with Crippen molar-refractivity contribution < 1.29 is 0 Å². The van der Waals surface area contributed by atoms with Crippen LogP contribution in [-0.2, 0) is 6.42 Å². The van der Waals surface area contributed by atoms with Crippen molar-refractivity contribution in [1.29, 1.82) is 0 Å². The van der Waals surface area contributed by atoms with E-state index in [1.54, 1.807) is 0 Å². The highest BCUT2D eigenvalue weighted by Gasteiger charge is 2.17. The Hall–Kier alpha value is -4.75. The fourth-order valence-electron chi connectivity index (χ4n) is 6.25. The third-order valence-electron chi connectivity index (χ3n) is 8.16. The van der Waals surface area contributed by atoms with Crippen LogP contribution in [0.4, 0.5) is 0 Å². The van der Waals surface area contributed by atoms with E-state index in [9.17, 15) is 0 Å². The molecule has 0 spiro atoms. The Balaban J connectivity index is 1.51. The van der Waals surface area contributed by atoms with E-state index >= 15 is 0 Å². The third-order valence-corrected chi connectivity index (χ3v) is 8.16. The maximum Gasteiger partial charge on any atom is 0.0349 e. The lowest BCUT2D eigenvalue weighted by Crippen LogP contribution is -1.92. The van der Waals surface area contributed by atoms with Gasteiger partial charge in [-0.3, -0.25) is 4.98 Å². The number of pyridine rings is 1. The first-order valence-corrected chi connectivity index (χ1v) is 14.2. The van der Waals surface area contributed by atoms with Gasteiger partial charge in [0.2, 0.25) is 0 Å². The predicted octanol–water partition coefficient (Wildman–Crippen LogP) is 10.8. The molecule has 0 fully saturated rings. The molecule has 0 aliphatic carbocycles. The molecule has 0 aliphatic heterocycles. The molecule has 0 saturated heterocycles. The number of hydrogen-bond acceptors (Lipinski definition) is 1. The number of benzene rings is 6. The second-order valence-electron chi connectivity index (χ2n) is 10.8. The second kappa shape index (κ2) is 10.1. The molecule has 0 aliphatic rings. The number of fused-ring (bicyclic) bond motifs is 3. The minimum absolute atomic E-state index is 1.11. The molecule has 7 rings (SSSR count). The van der Waals surface area contributed by atoms with Gasteiger partial charge in [0.1, 0.15) is 0 Å². The second-order valence-corrected chi connectivity index (χ2v) is 10.8. The van der Waals surface area contributed by atoms with Crippen LogP contribution in [-0.4, -0.2) is 4.98 Å². The Kier molecular flexibility index (Phi) is 6.13. The summed E-state index contributed by atoms with van der Waals surface area (Å²) in [6, 6.07) is 42.7. The van der Waals surface area contributed by atoms with Gasteiger partial charge in [-0.05, 0) is 103 Å². The van der Waals surface area contributed by atoms with Crippen LogP contribution in [0.15, 0.2) is 128 Å². The Bertz CT molecular complexity index is 1970. The van der Waals surface area contributed by atoms with E-state index in [0.717, 1.165) is 12.8 Å². The minimum Gasteiger partial charge on any atom is -0.264 e. The molecular formula is C39H31N. The molecule has 6 aromatic carbocycles. The monoisotopic (exact) mass is 513 g/mol. The topological polar surface area (TPSA) is 12.9 Å². The summed E-state index contributed by atoms with van der Waals surface area (Å²) < 4.78 is 0. The van der Waals surface area contributed by atoms with Gasteiger partial charge in [-0.2, -0.15) is 0 Å². The Morgan fingerprint density at radius 3 is 1.82 bits per heavy atom. The van der Waals surface area contributed by atoms with E-state index in [4.69, 9.17) is 0 Å². The molecule has 1 heterocycles. The van der Waals surface area contributed by atoms with Crippen molar-refractivity contribution in [1.82, 2.24) is 4.98 Å². The van der Waals surface area contributed by atoms with Gasteiger partial charge in [-0.25, -0.2) is 0 Å². The number of nitrogens with zero attached hydrogens (tertiary/aromatic N) is 1. The summed E-state index contributed by atoms with van der Waals surface area (Å²) in [5, 5.41) is 7.70. The molecule has 0 N–H and O–H groups in total. The van der Waals surface area contributed by atoms with E-state index in [0.29, 0.717) is 0 Å². The lowest BCUT2D eigenvalue weighted by atomic mass is 9.85. The molecule has 0 atom stereocenters. The molecule has 192 valence electrons. The normalized spacial score (nSPS) is 11.4. The van der Waals surface area contributed by atoms with Crippen molar-refractivity contribution in [3.8, 4) is 33.4 Å². The van der Waals surface area contributed by atoms with E-state index < -0.39 is 0 Å². The Morgan fingerprint density at radius 1 is 0.550 bits per heavy atom. The molecule has 1 nitrogen and oxygen atoms in total. The maximum atomic E-state index is 4.41. The molecule has 0 saturated carbocycles. The van der Waals surface area contributed by atoms with Gasteiger partial charge >= 0.3 is 0 Å². The molecule has 0 bridgehead atoms. The fourth-order valence-corrected chi connectivity index (χ4v) is 6.25. The van der Waals surface area contributed by atoms with Crippen LogP contribution in [0.3, 0.4) is 0 Å². The molecule has 0 amide bonds. The third kappa shape index (κ3) is 4.15. The van der Waals surface area contributed by atoms with Crippen LogP contribution in [0.25, 0.3) is 65.7 Å². The zero-order valence-electron chi connectivity index (χ0n) is 23.0. The van der Waals surface area contributed by atoms with Crippen molar-refractivity contribution in [3.05, 3.63) is 139 Å². The van der Waals surface area contributed by atoms with Gasteiger partial charge in [-0.15, -0.1) is 0 Å². The zero-order valence-corrected chi connectivity index (χ0v) is 23.0. The van der Waals surface area contributed by atoms with Crippen molar-refractivity contribution >= 4 is 32.3 Å². The highest BCUT2D eigenvalue weighted by molar-refractivity contribution is 6.21. The highest BCUT2D eigenvalue weighted by Crippen LogP contribution is 2.44. The smallest absolute Gasteiger partial charge is 0.0349 e. The SMILES string of the molecule is CCCc1ccc2ccc(-c3c4ccccc4c(-c4cccc(-c5cnccc5C)c4)c4ccccc34)cc2c1. The lowest BCUT2D eigenvalue weighted by Gasteiger charge is -2.18. The van der Waals surface area contributed by atoms with Gasteiger partial charge in [0.25, 0.3) is 0 Å². The first-order chi connectivity index (χ1) is 19.7. The molecular weight excluding hydrogens is 482 g/mol. The molecule has 0 unspecified atom stereocenters. The summed E-state index contributed by atoms with van der Waals surface area (Å²) in [7, 11) is 0. The summed E-state index contributed by atoms with van der Waals surface area (Å²) in [4.78, 5) is 4.41. The van der Waals surface area contributed by atoms with Crippen molar-refractivity contribution in [3.63, 3.8) is 0 Å². The van der Waals surface area contributed by atoms with Crippen molar-refractivity contribution in [2.75, 3.05) is 0 Å². The van der Waals surface area contributed by atoms with Crippen molar-refractivity contribution in [2.24, 2.45) is 0 Å². The van der Waals surface area contributed by atoms with Gasteiger partial charge in [0.15, 0.2) is 0 Å². The summed E-state index contributed by atoms with van der Waals surface area (Å²) in [6.45, 7) is 4.39. The van der Waals surface area contributed by atoms with E-state index in [1.807, 2.05) is 12.4 Å². The van der Waals surface area contributed by atoms with Crippen LogP contribution in [0.5, 0.6) is 0 Å². The van der Waals surface area contributed by atoms with Gasteiger partial charge in [0, 0.05) is 18.0 Å². The Labute approximate surface area is 235 Å². The van der Waals surface area contributed by atoms with Crippen LogP contribution in [0, 0.1) is 6.92 Å². The predicted molar refractivity (Wildman–Crippen MR) is 172 cm³/mol. The van der Waals surface area contributed by atoms with Crippen LogP contribution < -0.4 is 0 Å². The standard InChI is InChI=1S/C39H31N/c1-3-9-27-16-17-28-18-19-31(24-32(28)22-27)39-35-14-6-4-12-33(35)38(34-13-5-7-15-36(34)39)30-11-8-10-29(23-30)37-25-40-21-20-26(37)2/h4-8,10-25H,3,9H2,1-2H3. The highest BCUT2D eigenvalue weighted by atomic mass is 14.6. The average Bonchev–Trinajstić information content (AvgIpc) is 3.00. The molecule has 7 aromatic rings. The van der Waals surface area contributed by atoms with E-state index in [1.165, 1.54) is 76.8 Å².